The number of nitrogens with zero attached hydrogens (tertiary/aromatic N) is 1. The van der Waals surface area contributed by atoms with Gasteiger partial charge in [-0.1, -0.05) is 53.5 Å². The number of benzene rings is 3. The predicted molar refractivity (Wildman–Crippen MR) is 128 cm³/mol. The van der Waals surface area contributed by atoms with E-state index >= 15 is 0 Å². The average molecular weight is 507 g/mol. The Balaban J connectivity index is 1.89. The highest BCUT2D eigenvalue weighted by atomic mass is 35.5. The number of para-hydroxylation sites is 1. The Morgan fingerprint density at radius 2 is 1.61 bits per heavy atom. The van der Waals surface area contributed by atoms with Crippen molar-refractivity contribution in [2.45, 2.75) is 11.8 Å². The maximum atomic E-state index is 13.3. The third-order valence-corrected chi connectivity index (χ3v) is 6.90. The molecule has 10 heteroatoms. The summed E-state index contributed by atoms with van der Waals surface area (Å²) in [5.74, 6) is -1.20. The van der Waals surface area contributed by atoms with Crippen LogP contribution in [0.25, 0.3) is 0 Å². The molecule has 0 aliphatic carbocycles. The van der Waals surface area contributed by atoms with E-state index in [0.29, 0.717) is 0 Å². The van der Waals surface area contributed by atoms with E-state index < -0.39 is 28.4 Å². The van der Waals surface area contributed by atoms with Gasteiger partial charge in [-0.3, -0.25) is 9.10 Å². The first-order valence-electron chi connectivity index (χ1n) is 9.83. The normalized spacial score (nSPS) is 11.0. The van der Waals surface area contributed by atoms with E-state index in [2.05, 4.69) is 5.32 Å². The fraction of sp³-hybridized carbons (Fsp3) is 0.130. The van der Waals surface area contributed by atoms with Crippen molar-refractivity contribution in [2.75, 3.05) is 22.8 Å². The minimum absolute atomic E-state index is 0.00883. The summed E-state index contributed by atoms with van der Waals surface area (Å²) in [6, 6.07) is 18.3. The molecule has 1 amide bonds. The van der Waals surface area contributed by atoms with Gasteiger partial charge in [-0.05, 0) is 49.4 Å². The summed E-state index contributed by atoms with van der Waals surface area (Å²) < 4.78 is 32.5. The number of esters is 1. The van der Waals surface area contributed by atoms with Gasteiger partial charge in [-0.2, -0.15) is 0 Å². The molecule has 0 saturated heterocycles. The molecule has 0 fully saturated rings. The van der Waals surface area contributed by atoms with E-state index in [1.54, 1.807) is 37.3 Å². The number of hydrogen-bond donors (Lipinski definition) is 1. The smallest absolute Gasteiger partial charge is 0.338 e. The summed E-state index contributed by atoms with van der Waals surface area (Å²) in [6.45, 7) is 1.34. The Labute approximate surface area is 201 Å². The van der Waals surface area contributed by atoms with Gasteiger partial charge in [-0.15, -0.1) is 0 Å². The molecule has 0 spiro atoms. The number of carbonyl (C=O) groups is 2. The number of amides is 1. The fourth-order valence-corrected chi connectivity index (χ4v) is 4.93. The first-order chi connectivity index (χ1) is 15.7. The van der Waals surface area contributed by atoms with Gasteiger partial charge in [0.05, 0.1) is 38.5 Å². The first kappa shape index (κ1) is 24.6. The van der Waals surface area contributed by atoms with Crippen LogP contribution in [0.2, 0.25) is 10.0 Å². The van der Waals surface area contributed by atoms with Crippen LogP contribution < -0.4 is 9.62 Å². The molecular formula is C23H20Cl2N2O5S. The number of halogens is 2. The molecule has 3 rings (SSSR count). The second-order valence-electron chi connectivity index (χ2n) is 6.74. The van der Waals surface area contributed by atoms with Crippen LogP contribution >= 0.6 is 23.2 Å². The highest BCUT2D eigenvalue weighted by Gasteiger charge is 2.28. The fourth-order valence-electron chi connectivity index (χ4n) is 2.95. The van der Waals surface area contributed by atoms with E-state index in [0.717, 1.165) is 4.31 Å². The van der Waals surface area contributed by atoms with Crippen LogP contribution in [0.3, 0.4) is 0 Å². The van der Waals surface area contributed by atoms with Gasteiger partial charge in [-0.25, -0.2) is 13.2 Å². The minimum Gasteiger partial charge on any atom is -0.462 e. The maximum absolute atomic E-state index is 13.3. The van der Waals surface area contributed by atoms with Crippen molar-refractivity contribution >= 4 is 56.5 Å². The Bertz CT molecular complexity index is 1270. The van der Waals surface area contributed by atoms with Gasteiger partial charge in [0.15, 0.2) is 0 Å². The SMILES string of the molecule is CCOC(=O)c1ccc(NC(=O)CN(c2ccccc2Cl)S(=O)(=O)c2ccccc2)c(Cl)c1. The molecule has 0 aromatic heterocycles. The molecule has 0 radical (unpaired) electrons. The molecular weight excluding hydrogens is 487 g/mol. The van der Waals surface area contributed by atoms with Gasteiger partial charge in [0.2, 0.25) is 5.91 Å². The summed E-state index contributed by atoms with van der Waals surface area (Å²) in [6.07, 6.45) is 0. The summed E-state index contributed by atoms with van der Waals surface area (Å²) in [4.78, 5) is 24.7. The zero-order valence-corrected chi connectivity index (χ0v) is 19.8. The number of carbonyl (C=O) groups excluding carboxylic acids is 2. The lowest BCUT2D eigenvalue weighted by atomic mass is 10.2. The number of rotatable bonds is 8. The largest absolute Gasteiger partial charge is 0.462 e. The molecule has 0 bridgehead atoms. The van der Waals surface area contributed by atoms with Crippen molar-refractivity contribution in [3.05, 3.63) is 88.4 Å². The molecule has 3 aromatic carbocycles. The summed E-state index contributed by atoms with van der Waals surface area (Å²) in [5, 5.41) is 2.85. The molecule has 33 heavy (non-hydrogen) atoms. The molecule has 0 atom stereocenters. The molecule has 0 saturated carbocycles. The third kappa shape index (κ3) is 5.84. The van der Waals surface area contributed by atoms with Gasteiger partial charge >= 0.3 is 5.97 Å². The highest BCUT2D eigenvalue weighted by molar-refractivity contribution is 7.92. The Kier molecular flexibility index (Phi) is 7.97. The van der Waals surface area contributed by atoms with Crippen molar-refractivity contribution < 1.29 is 22.7 Å². The Hall–Kier alpha value is -3.07. The quantitative estimate of drug-likeness (QED) is 0.433. The van der Waals surface area contributed by atoms with Crippen LogP contribution in [0, 0.1) is 0 Å². The van der Waals surface area contributed by atoms with Gasteiger partial charge in [0.1, 0.15) is 6.54 Å². The van der Waals surface area contributed by atoms with Crippen LogP contribution in [-0.4, -0.2) is 33.4 Å². The lowest BCUT2D eigenvalue weighted by Gasteiger charge is -2.25. The highest BCUT2D eigenvalue weighted by Crippen LogP contribution is 2.30. The molecule has 172 valence electrons. The Morgan fingerprint density at radius 1 is 0.939 bits per heavy atom. The van der Waals surface area contributed by atoms with E-state index in [-0.39, 0.29) is 38.5 Å². The van der Waals surface area contributed by atoms with Crippen molar-refractivity contribution in [3.8, 4) is 0 Å². The molecule has 3 aromatic rings. The topological polar surface area (TPSA) is 92.8 Å². The molecule has 0 aliphatic heterocycles. The number of hydrogen-bond acceptors (Lipinski definition) is 5. The molecule has 7 nitrogen and oxygen atoms in total. The molecule has 0 aliphatic rings. The second kappa shape index (κ2) is 10.7. The summed E-state index contributed by atoms with van der Waals surface area (Å²) in [7, 11) is -4.10. The predicted octanol–water partition coefficient (Wildman–Crippen LogP) is 5.00. The van der Waals surface area contributed by atoms with Gasteiger partial charge in [0, 0.05) is 0 Å². The van der Waals surface area contributed by atoms with E-state index in [9.17, 15) is 18.0 Å². The molecule has 0 unspecified atom stereocenters. The van der Waals surface area contributed by atoms with Crippen molar-refractivity contribution in [3.63, 3.8) is 0 Å². The minimum atomic E-state index is -4.10. The van der Waals surface area contributed by atoms with E-state index in [4.69, 9.17) is 27.9 Å². The number of ether oxygens (including phenoxy) is 1. The van der Waals surface area contributed by atoms with Gasteiger partial charge < -0.3 is 10.1 Å². The zero-order chi connectivity index (χ0) is 24.0. The molecule has 1 N–H and O–H groups in total. The van der Waals surface area contributed by atoms with Crippen molar-refractivity contribution in [2.24, 2.45) is 0 Å². The second-order valence-corrected chi connectivity index (χ2v) is 9.42. The standard InChI is InChI=1S/C23H20Cl2N2O5S/c1-2-32-23(29)16-12-13-20(19(25)14-16)26-22(28)15-27(21-11-7-6-10-18(21)24)33(30,31)17-8-4-3-5-9-17/h3-14H,2,15H2,1H3,(H,26,28). The van der Waals surface area contributed by atoms with Crippen LogP contribution in [0.1, 0.15) is 17.3 Å². The van der Waals surface area contributed by atoms with Crippen LogP contribution in [0.5, 0.6) is 0 Å². The lowest BCUT2D eigenvalue weighted by Crippen LogP contribution is -2.38. The van der Waals surface area contributed by atoms with E-state index in [1.165, 1.54) is 42.5 Å². The molecule has 0 heterocycles. The third-order valence-electron chi connectivity index (χ3n) is 4.49. The number of anilines is 2. The first-order valence-corrected chi connectivity index (χ1v) is 12.0. The zero-order valence-electron chi connectivity index (χ0n) is 17.5. The average Bonchev–Trinajstić information content (AvgIpc) is 2.80. The van der Waals surface area contributed by atoms with Crippen LogP contribution in [-0.2, 0) is 19.6 Å². The Morgan fingerprint density at radius 3 is 2.24 bits per heavy atom. The van der Waals surface area contributed by atoms with Crippen LogP contribution in [0.15, 0.2) is 77.7 Å². The lowest BCUT2D eigenvalue weighted by molar-refractivity contribution is -0.114. The maximum Gasteiger partial charge on any atom is 0.338 e. The van der Waals surface area contributed by atoms with E-state index in [1.807, 2.05) is 0 Å². The van der Waals surface area contributed by atoms with Crippen molar-refractivity contribution in [1.29, 1.82) is 0 Å². The van der Waals surface area contributed by atoms with Crippen LogP contribution in [0.4, 0.5) is 11.4 Å². The van der Waals surface area contributed by atoms with Crippen molar-refractivity contribution in [1.82, 2.24) is 0 Å². The summed E-state index contributed by atoms with van der Waals surface area (Å²) in [5.41, 5.74) is 0.594. The summed E-state index contributed by atoms with van der Waals surface area (Å²) >= 11 is 12.5. The number of nitrogens with one attached hydrogen (secondary N) is 1. The monoisotopic (exact) mass is 506 g/mol. The number of sulfonamides is 1. The van der Waals surface area contributed by atoms with Gasteiger partial charge in [0.25, 0.3) is 10.0 Å².